The predicted molar refractivity (Wildman–Crippen MR) is 166 cm³/mol. The summed E-state index contributed by atoms with van der Waals surface area (Å²) < 4.78 is 39.0. The number of benzene rings is 2. The van der Waals surface area contributed by atoms with Gasteiger partial charge in [0.25, 0.3) is 0 Å². The van der Waals surface area contributed by atoms with Crippen molar-refractivity contribution in [3.63, 3.8) is 0 Å². The number of hydrogen-bond acceptors (Lipinski definition) is 7. The molecule has 3 aromatic rings. The summed E-state index contributed by atoms with van der Waals surface area (Å²) in [5, 5.41) is 7.35. The van der Waals surface area contributed by atoms with Gasteiger partial charge in [0, 0.05) is 54.9 Å². The summed E-state index contributed by atoms with van der Waals surface area (Å²) in [5.41, 5.74) is 0.422. The van der Waals surface area contributed by atoms with E-state index in [9.17, 15) is 28.0 Å². The number of hydrogen-bond donors (Lipinski definition) is 3. The van der Waals surface area contributed by atoms with Crippen LogP contribution < -0.4 is 20.7 Å². The van der Waals surface area contributed by atoms with E-state index in [0.717, 1.165) is 6.07 Å². The predicted octanol–water partition coefficient (Wildman–Crippen LogP) is 5.57. The number of likely N-dealkylation sites (tertiary alicyclic amines) is 1. The van der Waals surface area contributed by atoms with Crippen LogP contribution in [-0.2, 0) is 20.7 Å². The highest BCUT2D eigenvalue weighted by Gasteiger charge is 2.25. The molecule has 1 fully saturated rings. The monoisotopic (exact) mass is 635 g/mol. The Morgan fingerprint density at radius 1 is 1.00 bits per heavy atom. The fourth-order valence-electron chi connectivity index (χ4n) is 4.50. The maximum atomic E-state index is 14.9. The van der Waals surface area contributed by atoms with Crippen LogP contribution in [0.15, 0.2) is 67.0 Å². The van der Waals surface area contributed by atoms with Crippen LogP contribution in [0.4, 0.5) is 24.1 Å². The number of ether oxygens (including phenoxy) is 2. The fraction of sp³-hybridized carbons (Fsp3) is 0.303. The number of amides is 5. The van der Waals surface area contributed by atoms with E-state index in [1.54, 1.807) is 25.7 Å². The van der Waals surface area contributed by atoms with Gasteiger partial charge in [-0.3, -0.25) is 19.9 Å². The standard InChI is InChI=1S/C33H35F2N5O6/c1-33(2,3)46-32(44)38-24-13-16-40(17-14-24)30(42)11-6-22-20-36-15-12-27(22)45-28-10-9-25(19-26(28)35)37-31(43)39-29(41)18-21-4-7-23(34)8-5-21/h4-12,15,19-20,24H,13-14,16-18H2,1-3H3,(H,38,44)(H2,37,39,41,43)/b11-6+. The van der Waals surface area contributed by atoms with Gasteiger partial charge in [0.1, 0.15) is 17.2 Å². The number of aromatic nitrogens is 1. The number of anilines is 1. The van der Waals surface area contributed by atoms with Gasteiger partial charge in [-0.1, -0.05) is 12.1 Å². The Labute approximate surface area is 265 Å². The lowest BCUT2D eigenvalue weighted by atomic mass is 10.1. The van der Waals surface area contributed by atoms with Crippen molar-refractivity contribution in [3.05, 3.63) is 89.8 Å². The largest absolute Gasteiger partial charge is 0.454 e. The van der Waals surface area contributed by atoms with Crippen molar-refractivity contribution >= 4 is 35.7 Å². The molecule has 1 saturated heterocycles. The van der Waals surface area contributed by atoms with Crippen molar-refractivity contribution in [2.45, 2.75) is 51.7 Å². The lowest BCUT2D eigenvalue weighted by Gasteiger charge is -2.32. The first kappa shape index (κ1) is 33.6. The zero-order chi connectivity index (χ0) is 33.3. The number of nitrogens with one attached hydrogen (secondary N) is 3. The van der Waals surface area contributed by atoms with E-state index in [1.165, 1.54) is 67.0 Å². The highest BCUT2D eigenvalue weighted by atomic mass is 19.1. The minimum absolute atomic E-state index is 0.0717. The second-order valence-corrected chi connectivity index (χ2v) is 11.5. The van der Waals surface area contributed by atoms with Crippen molar-refractivity contribution in [1.29, 1.82) is 0 Å². The smallest absolute Gasteiger partial charge is 0.407 e. The summed E-state index contributed by atoms with van der Waals surface area (Å²) in [6.45, 7) is 6.27. The van der Waals surface area contributed by atoms with E-state index in [1.807, 2.05) is 0 Å². The molecule has 242 valence electrons. The Morgan fingerprint density at radius 2 is 1.72 bits per heavy atom. The van der Waals surface area contributed by atoms with Crippen LogP contribution in [0.25, 0.3) is 6.08 Å². The SMILES string of the molecule is CC(C)(C)OC(=O)NC1CCN(C(=O)/C=C/c2cnccc2Oc2ccc(NC(=O)NC(=O)Cc3ccc(F)cc3)cc2F)CC1. The van der Waals surface area contributed by atoms with Crippen LogP contribution in [0.1, 0.15) is 44.7 Å². The van der Waals surface area contributed by atoms with Crippen LogP contribution in [-0.4, -0.2) is 58.6 Å². The lowest BCUT2D eigenvalue weighted by molar-refractivity contribution is -0.127. The van der Waals surface area contributed by atoms with Gasteiger partial charge in [-0.05, 0) is 75.6 Å². The topological polar surface area (TPSA) is 139 Å². The number of piperidine rings is 1. The molecular weight excluding hydrogens is 600 g/mol. The Bertz CT molecular complexity index is 1600. The fourth-order valence-corrected chi connectivity index (χ4v) is 4.50. The molecule has 0 aliphatic carbocycles. The summed E-state index contributed by atoms with van der Waals surface area (Å²) in [6.07, 6.45) is 6.36. The van der Waals surface area contributed by atoms with Crippen LogP contribution >= 0.6 is 0 Å². The zero-order valence-corrected chi connectivity index (χ0v) is 25.6. The van der Waals surface area contributed by atoms with Gasteiger partial charge in [0.15, 0.2) is 11.6 Å². The second-order valence-electron chi connectivity index (χ2n) is 11.5. The van der Waals surface area contributed by atoms with Crippen LogP contribution in [0.3, 0.4) is 0 Å². The van der Waals surface area contributed by atoms with Crippen molar-refractivity contribution in [1.82, 2.24) is 20.5 Å². The number of urea groups is 1. The molecule has 3 N–H and O–H groups in total. The molecule has 46 heavy (non-hydrogen) atoms. The molecule has 1 aliphatic rings. The van der Waals surface area contributed by atoms with Gasteiger partial charge < -0.3 is 25.0 Å². The van der Waals surface area contributed by atoms with Crippen molar-refractivity contribution in [2.75, 3.05) is 18.4 Å². The van der Waals surface area contributed by atoms with E-state index in [2.05, 4.69) is 20.9 Å². The molecule has 0 saturated carbocycles. The third kappa shape index (κ3) is 10.4. The number of halogens is 2. The highest BCUT2D eigenvalue weighted by molar-refractivity contribution is 6.01. The average Bonchev–Trinajstić information content (AvgIpc) is 2.98. The van der Waals surface area contributed by atoms with Crippen LogP contribution in [0, 0.1) is 11.6 Å². The molecule has 5 amide bonds. The molecule has 0 atom stereocenters. The number of pyridine rings is 1. The molecule has 13 heteroatoms. The molecule has 0 radical (unpaired) electrons. The molecule has 0 unspecified atom stereocenters. The summed E-state index contributed by atoms with van der Waals surface area (Å²) in [7, 11) is 0. The Morgan fingerprint density at radius 3 is 2.39 bits per heavy atom. The van der Waals surface area contributed by atoms with Gasteiger partial charge >= 0.3 is 12.1 Å². The highest BCUT2D eigenvalue weighted by Crippen LogP contribution is 2.29. The molecule has 2 heterocycles. The Hall–Kier alpha value is -5.33. The molecule has 4 rings (SSSR count). The van der Waals surface area contributed by atoms with Crippen molar-refractivity contribution in [3.8, 4) is 11.5 Å². The molecular formula is C33H35F2N5O6. The van der Waals surface area contributed by atoms with Crippen LogP contribution in [0.2, 0.25) is 0 Å². The van der Waals surface area contributed by atoms with Crippen molar-refractivity contribution < 1.29 is 37.4 Å². The first-order valence-corrected chi connectivity index (χ1v) is 14.6. The van der Waals surface area contributed by atoms with Gasteiger partial charge in [0.2, 0.25) is 11.8 Å². The molecule has 1 aliphatic heterocycles. The number of nitrogens with zero attached hydrogens (tertiary/aromatic N) is 2. The number of carbonyl (C=O) groups excluding carboxylic acids is 4. The third-order valence-electron chi connectivity index (χ3n) is 6.68. The Balaban J connectivity index is 1.29. The molecule has 1 aromatic heterocycles. The molecule has 0 bridgehead atoms. The second kappa shape index (κ2) is 15.1. The maximum absolute atomic E-state index is 14.9. The minimum atomic E-state index is -0.866. The van der Waals surface area contributed by atoms with E-state index < -0.39 is 35.3 Å². The average molecular weight is 636 g/mol. The van der Waals surface area contributed by atoms with Crippen molar-refractivity contribution in [2.24, 2.45) is 0 Å². The number of rotatable bonds is 8. The maximum Gasteiger partial charge on any atom is 0.407 e. The zero-order valence-electron chi connectivity index (χ0n) is 25.6. The third-order valence-corrected chi connectivity index (χ3v) is 6.68. The van der Waals surface area contributed by atoms with Gasteiger partial charge in [-0.2, -0.15) is 0 Å². The van der Waals surface area contributed by atoms with Crippen LogP contribution in [0.5, 0.6) is 11.5 Å². The normalized spacial score (nSPS) is 13.6. The summed E-state index contributed by atoms with van der Waals surface area (Å²) in [4.78, 5) is 54.9. The van der Waals surface area contributed by atoms with E-state index in [4.69, 9.17) is 9.47 Å². The molecule has 11 nitrogen and oxygen atoms in total. The summed E-state index contributed by atoms with van der Waals surface area (Å²) in [5.74, 6) is -2.00. The number of carbonyl (C=O) groups is 4. The quantitative estimate of drug-likeness (QED) is 0.275. The number of imide groups is 1. The summed E-state index contributed by atoms with van der Waals surface area (Å²) in [6, 6.07) is 9.56. The van der Waals surface area contributed by atoms with Gasteiger partial charge in [0.05, 0.1) is 6.42 Å². The lowest BCUT2D eigenvalue weighted by Crippen LogP contribution is -2.47. The summed E-state index contributed by atoms with van der Waals surface area (Å²) >= 11 is 0. The van der Waals surface area contributed by atoms with E-state index >= 15 is 0 Å². The number of alkyl carbamates (subject to hydrolysis) is 1. The Kier molecular flexibility index (Phi) is 11.0. The first-order valence-electron chi connectivity index (χ1n) is 14.6. The van der Waals surface area contributed by atoms with Gasteiger partial charge in [-0.15, -0.1) is 0 Å². The van der Waals surface area contributed by atoms with E-state index in [-0.39, 0.29) is 35.6 Å². The van der Waals surface area contributed by atoms with Gasteiger partial charge in [-0.25, -0.2) is 18.4 Å². The van der Waals surface area contributed by atoms with E-state index in [0.29, 0.717) is 37.1 Å². The molecule has 0 spiro atoms. The first-order chi connectivity index (χ1) is 21.8. The minimum Gasteiger partial charge on any atom is -0.454 e. The molecule has 2 aromatic carbocycles.